The fourth-order valence-electron chi connectivity index (χ4n) is 1.91. The number of nitriles is 1. The van der Waals surface area contributed by atoms with Gasteiger partial charge in [-0.1, -0.05) is 6.07 Å². The van der Waals surface area contributed by atoms with E-state index in [2.05, 4.69) is 16.4 Å². The van der Waals surface area contributed by atoms with Crippen LogP contribution in [0.4, 0.5) is 22.9 Å². The van der Waals surface area contributed by atoms with E-state index < -0.39 is 4.92 Å². The number of pyridine rings is 1. The minimum Gasteiger partial charge on any atom is -0.376 e. The van der Waals surface area contributed by atoms with E-state index >= 15 is 0 Å². The average Bonchev–Trinajstić information content (AvgIpc) is 2.47. The molecule has 1 aromatic heterocycles. The molecule has 0 spiro atoms. The van der Waals surface area contributed by atoms with Crippen LogP contribution in [0.5, 0.6) is 0 Å². The van der Waals surface area contributed by atoms with Gasteiger partial charge in [0.2, 0.25) is 0 Å². The van der Waals surface area contributed by atoms with Gasteiger partial charge in [-0.15, -0.1) is 0 Å². The molecular formula is C14H14N5O2+. The van der Waals surface area contributed by atoms with E-state index in [0.29, 0.717) is 17.1 Å². The van der Waals surface area contributed by atoms with Crippen LogP contribution in [-0.2, 0) is 0 Å². The normalized spacial score (nSPS) is 9.76. The molecule has 21 heavy (non-hydrogen) atoms. The smallest absolute Gasteiger partial charge is 0.297 e. The maximum Gasteiger partial charge on any atom is 0.297 e. The molecule has 0 saturated carbocycles. The first-order chi connectivity index (χ1) is 10.0. The van der Waals surface area contributed by atoms with Gasteiger partial charge in [0, 0.05) is 26.2 Å². The Hall–Kier alpha value is -3.14. The maximum atomic E-state index is 10.8. The molecule has 0 bridgehead atoms. The van der Waals surface area contributed by atoms with E-state index in [4.69, 9.17) is 0 Å². The number of benzene rings is 1. The first-order valence-electron chi connectivity index (χ1n) is 6.16. The lowest BCUT2D eigenvalue weighted by Crippen LogP contribution is -2.17. The zero-order valence-corrected chi connectivity index (χ0v) is 11.6. The van der Waals surface area contributed by atoms with Gasteiger partial charge in [-0.05, 0) is 6.07 Å². The van der Waals surface area contributed by atoms with Crippen molar-refractivity contribution in [3.05, 3.63) is 52.2 Å². The SMILES string of the molecule is CN(C)c1cc[nH+]c(Nc2cccc([N+](=O)[O-])c2)c1C#N. The molecule has 106 valence electrons. The van der Waals surface area contributed by atoms with Crippen molar-refractivity contribution in [3.8, 4) is 6.07 Å². The summed E-state index contributed by atoms with van der Waals surface area (Å²) in [5.41, 5.74) is 1.72. The van der Waals surface area contributed by atoms with E-state index in [1.165, 1.54) is 12.1 Å². The highest BCUT2D eigenvalue weighted by Crippen LogP contribution is 2.25. The highest BCUT2D eigenvalue weighted by Gasteiger charge is 2.17. The number of hydrogen-bond acceptors (Lipinski definition) is 5. The third-order valence-electron chi connectivity index (χ3n) is 2.89. The Bertz CT molecular complexity index is 722. The molecule has 0 amide bonds. The van der Waals surface area contributed by atoms with Crippen molar-refractivity contribution in [1.82, 2.24) is 0 Å². The van der Waals surface area contributed by atoms with E-state index in [9.17, 15) is 15.4 Å². The van der Waals surface area contributed by atoms with Crippen LogP contribution in [-0.4, -0.2) is 19.0 Å². The number of aromatic amines is 1. The Morgan fingerprint density at radius 3 is 2.76 bits per heavy atom. The van der Waals surface area contributed by atoms with Gasteiger partial charge in [-0.2, -0.15) is 5.26 Å². The van der Waals surface area contributed by atoms with Crippen LogP contribution in [0.25, 0.3) is 0 Å². The molecular weight excluding hydrogens is 270 g/mol. The summed E-state index contributed by atoms with van der Waals surface area (Å²) in [4.78, 5) is 15.1. The molecule has 1 heterocycles. The second-order valence-electron chi connectivity index (χ2n) is 4.55. The lowest BCUT2D eigenvalue weighted by atomic mass is 10.2. The first kappa shape index (κ1) is 14.3. The number of nitro groups is 1. The molecule has 0 saturated heterocycles. The monoisotopic (exact) mass is 284 g/mol. The predicted octanol–water partition coefficient (Wildman–Crippen LogP) is 2.09. The standard InChI is InChI=1S/C14H13N5O2/c1-18(2)13-6-7-16-14(12(13)9-15)17-10-4-3-5-11(8-10)19(20)21/h3-8H,1-2H3,(H,16,17)/p+1. The van der Waals surface area contributed by atoms with Crippen molar-refractivity contribution in [2.75, 3.05) is 24.3 Å². The highest BCUT2D eigenvalue weighted by molar-refractivity contribution is 5.70. The van der Waals surface area contributed by atoms with Gasteiger partial charge in [0.05, 0.1) is 22.9 Å². The summed E-state index contributed by atoms with van der Waals surface area (Å²) in [6, 6.07) is 10.0. The van der Waals surface area contributed by atoms with Crippen molar-refractivity contribution in [2.45, 2.75) is 0 Å². The van der Waals surface area contributed by atoms with Crippen molar-refractivity contribution in [2.24, 2.45) is 0 Å². The molecule has 7 heteroatoms. The Balaban J connectivity index is 2.41. The van der Waals surface area contributed by atoms with Gasteiger partial charge in [-0.3, -0.25) is 10.1 Å². The summed E-state index contributed by atoms with van der Waals surface area (Å²) in [5.74, 6) is 0.490. The van der Waals surface area contributed by atoms with Crippen LogP contribution in [0.15, 0.2) is 36.5 Å². The molecule has 0 unspecified atom stereocenters. The number of nitro benzene ring substituents is 1. The number of aromatic nitrogens is 1. The van der Waals surface area contributed by atoms with Crippen molar-refractivity contribution in [1.29, 1.82) is 5.26 Å². The van der Waals surface area contributed by atoms with Crippen LogP contribution in [0, 0.1) is 21.4 Å². The van der Waals surface area contributed by atoms with E-state index in [1.54, 1.807) is 24.4 Å². The second-order valence-corrected chi connectivity index (χ2v) is 4.55. The summed E-state index contributed by atoms with van der Waals surface area (Å²) in [6.45, 7) is 0. The number of nitrogens with zero attached hydrogens (tertiary/aromatic N) is 3. The topological polar surface area (TPSA) is 96.3 Å². The third-order valence-corrected chi connectivity index (χ3v) is 2.89. The fourth-order valence-corrected chi connectivity index (χ4v) is 1.91. The number of non-ortho nitro benzene ring substituents is 1. The van der Waals surface area contributed by atoms with E-state index in [-0.39, 0.29) is 5.69 Å². The molecule has 0 fully saturated rings. The van der Waals surface area contributed by atoms with Crippen molar-refractivity contribution in [3.63, 3.8) is 0 Å². The van der Waals surface area contributed by atoms with Crippen LogP contribution < -0.4 is 15.2 Å². The zero-order valence-electron chi connectivity index (χ0n) is 11.6. The molecule has 2 N–H and O–H groups in total. The summed E-state index contributed by atoms with van der Waals surface area (Å²) in [5, 5.41) is 23.1. The van der Waals surface area contributed by atoms with Gasteiger partial charge in [0.25, 0.3) is 11.5 Å². The Morgan fingerprint density at radius 1 is 1.38 bits per heavy atom. The third kappa shape index (κ3) is 3.06. The molecule has 2 rings (SSSR count). The van der Waals surface area contributed by atoms with Crippen molar-refractivity contribution >= 4 is 22.9 Å². The number of nitrogens with one attached hydrogen (secondary N) is 2. The van der Waals surface area contributed by atoms with Gasteiger partial charge in [0.15, 0.2) is 5.56 Å². The molecule has 0 aliphatic rings. The minimum absolute atomic E-state index is 0.0118. The van der Waals surface area contributed by atoms with Crippen LogP contribution in [0.1, 0.15) is 5.56 Å². The summed E-state index contributed by atoms with van der Waals surface area (Å²) in [6.07, 6.45) is 1.70. The van der Waals surface area contributed by atoms with Gasteiger partial charge in [-0.25, -0.2) is 10.3 Å². The van der Waals surface area contributed by atoms with Gasteiger partial charge >= 0.3 is 0 Å². The van der Waals surface area contributed by atoms with E-state index in [1.807, 2.05) is 19.0 Å². The molecule has 0 aliphatic carbocycles. The fraction of sp³-hybridized carbons (Fsp3) is 0.143. The molecule has 0 atom stereocenters. The minimum atomic E-state index is -0.462. The zero-order chi connectivity index (χ0) is 15.4. The van der Waals surface area contributed by atoms with E-state index in [0.717, 1.165) is 5.69 Å². The predicted molar refractivity (Wildman–Crippen MR) is 78.4 cm³/mol. The molecule has 0 aliphatic heterocycles. The molecule has 0 radical (unpaired) electrons. The van der Waals surface area contributed by atoms with Gasteiger partial charge < -0.3 is 4.90 Å². The molecule has 7 nitrogen and oxygen atoms in total. The number of hydrogen-bond donors (Lipinski definition) is 1. The van der Waals surface area contributed by atoms with Gasteiger partial charge in [0.1, 0.15) is 11.8 Å². The Morgan fingerprint density at radius 2 is 2.14 bits per heavy atom. The second kappa shape index (κ2) is 5.88. The number of anilines is 3. The molecule has 2 aromatic rings. The lowest BCUT2D eigenvalue weighted by Gasteiger charge is -2.13. The highest BCUT2D eigenvalue weighted by atomic mass is 16.6. The lowest BCUT2D eigenvalue weighted by molar-refractivity contribution is -0.384. The summed E-state index contributed by atoms with van der Waals surface area (Å²) in [7, 11) is 3.68. The quantitative estimate of drug-likeness (QED) is 0.685. The van der Waals surface area contributed by atoms with Crippen LogP contribution >= 0.6 is 0 Å². The van der Waals surface area contributed by atoms with Crippen LogP contribution in [0.3, 0.4) is 0 Å². The number of H-pyrrole nitrogens is 1. The largest absolute Gasteiger partial charge is 0.376 e. The number of rotatable bonds is 4. The summed E-state index contributed by atoms with van der Waals surface area (Å²) >= 11 is 0. The first-order valence-corrected chi connectivity index (χ1v) is 6.16. The average molecular weight is 284 g/mol. The Kier molecular flexibility index (Phi) is 4.00. The maximum absolute atomic E-state index is 10.8. The summed E-state index contributed by atoms with van der Waals surface area (Å²) < 4.78 is 0. The Labute approximate surface area is 121 Å². The van der Waals surface area contributed by atoms with Crippen LogP contribution in [0.2, 0.25) is 0 Å². The molecule has 1 aromatic carbocycles. The van der Waals surface area contributed by atoms with Crippen molar-refractivity contribution < 1.29 is 9.91 Å².